The molecule has 3 heterocycles. The SMILES string of the molecule is CCCOc1ncccc1CNC(=O)C1CCCN(C2=NS(=O)(=O)c3ccccc32)C1. The number of hydrogen-bond acceptors (Lipinski definition) is 6. The molecule has 1 unspecified atom stereocenters. The molecule has 164 valence electrons. The van der Waals surface area contributed by atoms with Crippen LogP contribution in [0.5, 0.6) is 5.88 Å². The van der Waals surface area contributed by atoms with Gasteiger partial charge in [0, 0.05) is 37.0 Å². The molecule has 31 heavy (non-hydrogen) atoms. The summed E-state index contributed by atoms with van der Waals surface area (Å²) in [6.07, 6.45) is 4.08. The molecule has 2 aliphatic heterocycles. The van der Waals surface area contributed by atoms with E-state index < -0.39 is 10.0 Å². The van der Waals surface area contributed by atoms with Gasteiger partial charge in [0.15, 0.2) is 5.84 Å². The fourth-order valence-corrected chi connectivity index (χ4v) is 5.14. The lowest BCUT2D eigenvalue weighted by Gasteiger charge is -2.33. The second-order valence-electron chi connectivity index (χ2n) is 7.71. The van der Waals surface area contributed by atoms with E-state index in [1.54, 1.807) is 30.5 Å². The predicted molar refractivity (Wildman–Crippen MR) is 116 cm³/mol. The van der Waals surface area contributed by atoms with E-state index in [-0.39, 0.29) is 16.7 Å². The molecule has 0 radical (unpaired) electrons. The highest BCUT2D eigenvalue weighted by atomic mass is 32.2. The van der Waals surface area contributed by atoms with Gasteiger partial charge in [-0.1, -0.05) is 25.1 Å². The summed E-state index contributed by atoms with van der Waals surface area (Å²) >= 11 is 0. The Balaban J connectivity index is 1.42. The number of rotatable bonds is 6. The van der Waals surface area contributed by atoms with Gasteiger partial charge in [-0.2, -0.15) is 8.42 Å². The van der Waals surface area contributed by atoms with Crippen molar-refractivity contribution in [2.45, 2.75) is 37.6 Å². The second-order valence-corrected chi connectivity index (χ2v) is 9.28. The maximum absolute atomic E-state index is 12.9. The maximum Gasteiger partial charge on any atom is 0.285 e. The van der Waals surface area contributed by atoms with E-state index in [1.165, 1.54) is 0 Å². The minimum absolute atomic E-state index is 0.0651. The molecule has 4 rings (SSSR count). The molecule has 0 saturated carbocycles. The number of pyridine rings is 1. The Labute approximate surface area is 182 Å². The number of benzene rings is 1. The van der Waals surface area contributed by atoms with Gasteiger partial charge in [-0.15, -0.1) is 4.40 Å². The maximum atomic E-state index is 12.9. The minimum Gasteiger partial charge on any atom is -0.477 e. The second kappa shape index (κ2) is 9.05. The number of piperidine rings is 1. The highest BCUT2D eigenvalue weighted by Gasteiger charge is 2.35. The Kier molecular flexibility index (Phi) is 6.22. The van der Waals surface area contributed by atoms with Gasteiger partial charge in [-0.25, -0.2) is 4.98 Å². The number of likely N-dealkylation sites (tertiary alicyclic amines) is 1. The van der Waals surface area contributed by atoms with Crippen molar-refractivity contribution in [1.29, 1.82) is 0 Å². The summed E-state index contributed by atoms with van der Waals surface area (Å²) < 4.78 is 34.4. The van der Waals surface area contributed by atoms with E-state index in [1.807, 2.05) is 24.0 Å². The van der Waals surface area contributed by atoms with E-state index in [0.717, 1.165) is 24.8 Å². The lowest BCUT2D eigenvalue weighted by molar-refractivity contribution is -0.126. The quantitative estimate of drug-likeness (QED) is 0.737. The fourth-order valence-electron chi connectivity index (χ4n) is 3.91. The first-order valence-corrected chi connectivity index (χ1v) is 12.0. The third-order valence-corrected chi connectivity index (χ3v) is 6.78. The average Bonchev–Trinajstić information content (AvgIpc) is 3.08. The standard InChI is InChI=1S/C22H26N4O4S/c1-2-13-30-22-16(7-5-11-23-22)14-24-21(27)17-8-6-12-26(15-17)20-18-9-3-4-10-19(18)31(28,29)25-20/h3-5,7,9-11,17H,2,6,8,12-15H2,1H3,(H,24,27). The van der Waals surface area contributed by atoms with Crippen LogP contribution in [0, 0.1) is 5.92 Å². The molecule has 1 amide bonds. The lowest BCUT2D eigenvalue weighted by Crippen LogP contribution is -2.45. The third-order valence-electron chi connectivity index (χ3n) is 5.45. The molecule has 2 aliphatic rings. The van der Waals surface area contributed by atoms with E-state index >= 15 is 0 Å². The van der Waals surface area contributed by atoms with Crippen molar-refractivity contribution in [3.63, 3.8) is 0 Å². The topological polar surface area (TPSA) is 101 Å². The van der Waals surface area contributed by atoms with E-state index in [2.05, 4.69) is 14.7 Å². The molecule has 1 aromatic heterocycles. The number of carbonyl (C=O) groups excluding carboxylic acids is 1. The molecule has 0 aliphatic carbocycles. The highest BCUT2D eigenvalue weighted by Crippen LogP contribution is 2.29. The summed E-state index contributed by atoms with van der Waals surface area (Å²) in [5, 5.41) is 2.99. The highest BCUT2D eigenvalue weighted by molar-refractivity contribution is 7.90. The zero-order valence-corrected chi connectivity index (χ0v) is 18.3. The number of sulfonamides is 1. The van der Waals surface area contributed by atoms with E-state index in [4.69, 9.17) is 4.74 Å². The summed E-state index contributed by atoms with van der Waals surface area (Å²) in [4.78, 5) is 19.3. The van der Waals surface area contributed by atoms with Crippen LogP contribution in [0.15, 0.2) is 51.9 Å². The Morgan fingerprint density at radius 2 is 2.10 bits per heavy atom. The van der Waals surface area contributed by atoms with Gasteiger partial charge in [-0.05, 0) is 37.5 Å². The first-order valence-electron chi connectivity index (χ1n) is 10.5. The monoisotopic (exact) mass is 442 g/mol. The van der Waals surface area contributed by atoms with E-state index in [0.29, 0.717) is 43.5 Å². The Bertz CT molecular complexity index is 1100. The third kappa shape index (κ3) is 4.56. The fraction of sp³-hybridized carbons (Fsp3) is 0.409. The van der Waals surface area contributed by atoms with Crippen molar-refractivity contribution >= 4 is 21.8 Å². The predicted octanol–water partition coefficient (Wildman–Crippen LogP) is 2.35. The normalized spacial score (nSPS) is 19.5. The van der Waals surface area contributed by atoms with Crippen molar-refractivity contribution in [3.8, 4) is 5.88 Å². The van der Waals surface area contributed by atoms with Crippen LogP contribution in [0.1, 0.15) is 37.3 Å². The Morgan fingerprint density at radius 1 is 1.26 bits per heavy atom. The van der Waals surface area contributed by atoms with Crippen LogP contribution >= 0.6 is 0 Å². The first kappa shape index (κ1) is 21.3. The van der Waals surface area contributed by atoms with Crippen LogP contribution in [0.3, 0.4) is 0 Å². The van der Waals surface area contributed by atoms with Crippen LogP contribution < -0.4 is 10.1 Å². The number of amides is 1. The zero-order chi connectivity index (χ0) is 21.8. The molecule has 1 aromatic carbocycles. The summed E-state index contributed by atoms with van der Waals surface area (Å²) in [6, 6.07) is 10.5. The van der Waals surface area contributed by atoms with Crippen molar-refractivity contribution < 1.29 is 17.9 Å². The van der Waals surface area contributed by atoms with Gasteiger partial charge in [0.05, 0.1) is 12.5 Å². The molecule has 0 bridgehead atoms. The summed E-state index contributed by atoms with van der Waals surface area (Å²) in [6.45, 7) is 4.03. The van der Waals surface area contributed by atoms with Gasteiger partial charge >= 0.3 is 0 Å². The average molecular weight is 443 g/mol. The van der Waals surface area contributed by atoms with E-state index in [9.17, 15) is 13.2 Å². The van der Waals surface area contributed by atoms with Crippen LogP contribution in [0.25, 0.3) is 0 Å². The number of hydrogen-bond donors (Lipinski definition) is 1. The van der Waals surface area contributed by atoms with Crippen LogP contribution in [0.2, 0.25) is 0 Å². The Hall–Kier alpha value is -2.94. The Morgan fingerprint density at radius 3 is 2.94 bits per heavy atom. The number of nitrogens with one attached hydrogen (secondary N) is 1. The zero-order valence-electron chi connectivity index (χ0n) is 17.5. The molecule has 8 nitrogen and oxygen atoms in total. The molecule has 1 atom stereocenters. The molecular formula is C22H26N4O4S. The van der Waals surface area contributed by atoms with Crippen molar-refractivity contribution in [2.24, 2.45) is 10.3 Å². The van der Waals surface area contributed by atoms with Gasteiger partial charge in [-0.3, -0.25) is 4.79 Å². The smallest absolute Gasteiger partial charge is 0.285 e. The molecule has 1 fully saturated rings. The van der Waals surface area contributed by atoms with Crippen LogP contribution in [-0.4, -0.2) is 49.7 Å². The first-order chi connectivity index (χ1) is 15.0. The lowest BCUT2D eigenvalue weighted by atomic mass is 9.96. The summed E-state index contributed by atoms with van der Waals surface area (Å²) in [5.41, 5.74) is 1.44. The number of aromatic nitrogens is 1. The number of fused-ring (bicyclic) bond motifs is 1. The van der Waals surface area contributed by atoms with Gasteiger partial charge < -0.3 is 15.0 Å². The number of amidine groups is 1. The largest absolute Gasteiger partial charge is 0.477 e. The number of ether oxygens (including phenoxy) is 1. The molecule has 2 aromatic rings. The van der Waals surface area contributed by atoms with Crippen LogP contribution in [0.4, 0.5) is 0 Å². The van der Waals surface area contributed by atoms with Gasteiger partial charge in [0.2, 0.25) is 11.8 Å². The summed E-state index contributed by atoms with van der Waals surface area (Å²) in [7, 11) is -3.68. The van der Waals surface area contributed by atoms with Gasteiger partial charge in [0.25, 0.3) is 10.0 Å². The minimum atomic E-state index is -3.68. The molecule has 0 spiro atoms. The molecule has 1 saturated heterocycles. The van der Waals surface area contributed by atoms with Crippen molar-refractivity contribution in [3.05, 3.63) is 53.7 Å². The van der Waals surface area contributed by atoms with Crippen molar-refractivity contribution in [2.75, 3.05) is 19.7 Å². The van der Waals surface area contributed by atoms with Crippen molar-refractivity contribution in [1.82, 2.24) is 15.2 Å². The van der Waals surface area contributed by atoms with Gasteiger partial charge in [0.1, 0.15) is 4.90 Å². The number of carbonyl (C=O) groups is 1. The molecule has 1 N–H and O–H groups in total. The number of nitrogens with zero attached hydrogens (tertiary/aromatic N) is 3. The molecular weight excluding hydrogens is 416 g/mol. The summed E-state index contributed by atoms with van der Waals surface area (Å²) in [5.74, 6) is 0.668. The van der Waals surface area contributed by atoms with Crippen LogP contribution in [-0.2, 0) is 21.4 Å². The molecule has 9 heteroatoms.